The van der Waals surface area contributed by atoms with Crippen LogP contribution in [0.4, 0.5) is 5.69 Å². The second-order valence-electron chi connectivity index (χ2n) is 4.95. The lowest BCUT2D eigenvalue weighted by Crippen LogP contribution is -2.34. The highest BCUT2D eigenvalue weighted by molar-refractivity contribution is 7.21. The Balaban J connectivity index is 2.32. The van der Waals surface area contributed by atoms with Crippen LogP contribution in [-0.2, 0) is 0 Å². The maximum absolute atomic E-state index is 12.6. The molecule has 2 rings (SSSR count). The molecule has 2 heterocycles. The number of nitrogens with two attached hydrogens (primary N) is 1. The van der Waals surface area contributed by atoms with Crippen molar-refractivity contribution in [2.75, 3.05) is 18.8 Å². The molecule has 0 aliphatic rings. The Bertz CT molecular complexity index is 610. The fraction of sp³-hybridized carbons (Fsp3) is 0.500. The van der Waals surface area contributed by atoms with Gasteiger partial charge in [-0.2, -0.15) is 5.10 Å². The zero-order chi connectivity index (χ0) is 14.7. The molecular formula is C14H20N4OS. The zero-order valence-corrected chi connectivity index (χ0v) is 12.9. The van der Waals surface area contributed by atoms with Crippen molar-refractivity contribution in [3.8, 4) is 0 Å². The molecule has 0 aromatic carbocycles. The molecule has 0 bridgehead atoms. The molecule has 2 aromatic heterocycles. The van der Waals surface area contributed by atoms with Gasteiger partial charge in [0, 0.05) is 18.5 Å². The highest BCUT2D eigenvalue weighted by Crippen LogP contribution is 2.32. The normalized spacial score (nSPS) is 12.6. The van der Waals surface area contributed by atoms with Gasteiger partial charge in [-0.15, -0.1) is 16.4 Å². The van der Waals surface area contributed by atoms with Gasteiger partial charge in [0.05, 0.1) is 11.9 Å². The number of hydrogen-bond acceptors (Lipinski definition) is 5. The Kier molecular flexibility index (Phi) is 4.54. The molecule has 0 saturated carbocycles. The van der Waals surface area contributed by atoms with Crippen LogP contribution in [0.5, 0.6) is 0 Å². The average Bonchev–Trinajstić information content (AvgIpc) is 2.81. The maximum Gasteiger partial charge on any atom is 0.266 e. The van der Waals surface area contributed by atoms with Crippen LogP contribution >= 0.6 is 11.3 Å². The highest BCUT2D eigenvalue weighted by atomic mass is 32.1. The van der Waals surface area contributed by atoms with E-state index in [2.05, 4.69) is 24.0 Å². The summed E-state index contributed by atoms with van der Waals surface area (Å²) in [6.45, 7) is 7.71. The molecule has 0 aliphatic carbocycles. The van der Waals surface area contributed by atoms with E-state index in [1.807, 2.05) is 11.8 Å². The minimum absolute atomic E-state index is 0.00620. The first kappa shape index (κ1) is 14.7. The molecule has 20 heavy (non-hydrogen) atoms. The first-order valence-electron chi connectivity index (χ1n) is 6.87. The number of fused-ring (bicyclic) bond motifs is 1. The first-order chi connectivity index (χ1) is 9.58. The number of nitrogen functional groups attached to an aromatic ring is 1. The SMILES string of the molecule is CCC(C)CN(CC)C(=O)c1sc2nnccc2c1N. The van der Waals surface area contributed by atoms with E-state index in [0.29, 0.717) is 27.9 Å². The second kappa shape index (κ2) is 6.17. The number of rotatable bonds is 5. The molecular weight excluding hydrogens is 272 g/mol. The monoisotopic (exact) mass is 292 g/mol. The fourth-order valence-electron chi connectivity index (χ4n) is 2.04. The van der Waals surface area contributed by atoms with Crippen molar-refractivity contribution in [2.45, 2.75) is 27.2 Å². The zero-order valence-electron chi connectivity index (χ0n) is 12.1. The fourth-order valence-corrected chi connectivity index (χ4v) is 3.04. The molecule has 0 aliphatic heterocycles. The number of aromatic nitrogens is 2. The third-order valence-corrected chi connectivity index (χ3v) is 4.61. The van der Waals surface area contributed by atoms with Gasteiger partial charge in [-0.3, -0.25) is 4.79 Å². The number of hydrogen-bond donors (Lipinski definition) is 1. The van der Waals surface area contributed by atoms with Crippen LogP contribution in [0.2, 0.25) is 0 Å². The Morgan fingerprint density at radius 2 is 2.25 bits per heavy atom. The van der Waals surface area contributed by atoms with Gasteiger partial charge in [0.2, 0.25) is 0 Å². The van der Waals surface area contributed by atoms with Crippen molar-refractivity contribution in [2.24, 2.45) is 5.92 Å². The third-order valence-electron chi connectivity index (χ3n) is 3.51. The van der Waals surface area contributed by atoms with Gasteiger partial charge in [-0.05, 0) is 18.9 Å². The van der Waals surface area contributed by atoms with Gasteiger partial charge in [0.25, 0.3) is 5.91 Å². The van der Waals surface area contributed by atoms with Crippen molar-refractivity contribution in [3.63, 3.8) is 0 Å². The Hall–Kier alpha value is -1.69. The lowest BCUT2D eigenvalue weighted by atomic mass is 10.1. The number of carbonyl (C=O) groups is 1. The van der Waals surface area contributed by atoms with Gasteiger partial charge in [-0.25, -0.2) is 0 Å². The van der Waals surface area contributed by atoms with Gasteiger partial charge in [0.1, 0.15) is 9.71 Å². The summed E-state index contributed by atoms with van der Waals surface area (Å²) >= 11 is 1.32. The van der Waals surface area contributed by atoms with Crippen LogP contribution in [0.3, 0.4) is 0 Å². The van der Waals surface area contributed by atoms with Crippen LogP contribution in [0, 0.1) is 5.92 Å². The molecule has 5 nitrogen and oxygen atoms in total. The third kappa shape index (κ3) is 2.75. The minimum Gasteiger partial charge on any atom is -0.397 e. The Labute approximate surface area is 122 Å². The first-order valence-corrected chi connectivity index (χ1v) is 7.69. The largest absolute Gasteiger partial charge is 0.397 e. The van der Waals surface area contributed by atoms with Gasteiger partial charge < -0.3 is 10.6 Å². The van der Waals surface area contributed by atoms with Crippen LogP contribution in [0.15, 0.2) is 12.3 Å². The summed E-state index contributed by atoms with van der Waals surface area (Å²) in [5.41, 5.74) is 6.61. The molecule has 2 N–H and O–H groups in total. The number of carbonyl (C=O) groups excluding carboxylic acids is 1. The summed E-state index contributed by atoms with van der Waals surface area (Å²) < 4.78 is 0. The molecule has 1 atom stereocenters. The highest BCUT2D eigenvalue weighted by Gasteiger charge is 2.22. The number of anilines is 1. The van der Waals surface area contributed by atoms with Crippen LogP contribution < -0.4 is 5.73 Å². The van der Waals surface area contributed by atoms with Crippen LogP contribution in [0.25, 0.3) is 10.2 Å². The molecule has 0 spiro atoms. The van der Waals surface area contributed by atoms with E-state index in [1.54, 1.807) is 12.3 Å². The lowest BCUT2D eigenvalue weighted by molar-refractivity contribution is 0.0747. The summed E-state index contributed by atoms with van der Waals surface area (Å²) in [5.74, 6) is 0.475. The van der Waals surface area contributed by atoms with Crippen molar-refractivity contribution in [1.29, 1.82) is 0 Å². The van der Waals surface area contributed by atoms with Crippen molar-refractivity contribution in [3.05, 3.63) is 17.1 Å². The predicted octanol–water partition coefficient (Wildman–Crippen LogP) is 2.78. The van der Waals surface area contributed by atoms with E-state index < -0.39 is 0 Å². The molecule has 0 saturated heterocycles. The van der Waals surface area contributed by atoms with Crippen molar-refractivity contribution >= 4 is 33.1 Å². The lowest BCUT2D eigenvalue weighted by Gasteiger charge is -2.23. The second-order valence-corrected chi connectivity index (χ2v) is 5.95. The summed E-state index contributed by atoms with van der Waals surface area (Å²) in [5, 5.41) is 8.67. The van der Waals surface area contributed by atoms with Gasteiger partial charge in [-0.1, -0.05) is 20.3 Å². The van der Waals surface area contributed by atoms with E-state index in [4.69, 9.17) is 5.73 Å². The quantitative estimate of drug-likeness (QED) is 0.919. The molecule has 6 heteroatoms. The summed E-state index contributed by atoms with van der Waals surface area (Å²) in [6.07, 6.45) is 2.65. The van der Waals surface area contributed by atoms with E-state index in [-0.39, 0.29) is 5.91 Å². The van der Waals surface area contributed by atoms with Crippen molar-refractivity contribution in [1.82, 2.24) is 15.1 Å². The molecule has 1 unspecified atom stereocenters. The molecule has 1 amide bonds. The smallest absolute Gasteiger partial charge is 0.266 e. The average molecular weight is 292 g/mol. The van der Waals surface area contributed by atoms with Crippen molar-refractivity contribution < 1.29 is 4.79 Å². The van der Waals surface area contributed by atoms with Crippen LogP contribution in [0.1, 0.15) is 36.9 Å². The van der Waals surface area contributed by atoms with E-state index in [9.17, 15) is 4.79 Å². The predicted molar refractivity (Wildman–Crippen MR) is 82.9 cm³/mol. The van der Waals surface area contributed by atoms with E-state index in [0.717, 1.165) is 18.4 Å². The summed E-state index contributed by atoms with van der Waals surface area (Å²) in [4.78, 5) is 15.8. The van der Waals surface area contributed by atoms with Crippen LogP contribution in [-0.4, -0.2) is 34.1 Å². The summed E-state index contributed by atoms with van der Waals surface area (Å²) in [6, 6.07) is 1.80. The van der Waals surface area contributed by atoms with Gasteiger partial charge >= 0.3 is 0 Å². The van der Waals surface area contributed by atoms with E-state index >= 15 is 0 Å². The minimum atomic E-state index is -0.00620. The standard InChI is InChI=1S/C14H20N4OS/c1-4-9(3)8-18(5-2)14(19)12-11(15)10-6-7-16-17-13(10)20-12/h6-7,9H,4-5,8,15H2,1-3H3. The number of amides is 1. The van der Waals surface area contributed by atoms with Gasteiger partial charge in [0.15, 0.2) is 0 Å². The maximum atomic E-state index is 12.6. The molecule has 2 aromatic rings. The Morgan fingerprint density at radius 3 is 2.85 bits per heavy atom. The molecule has 0 fully saturated rings. The topological polar surface area (TPSA) is 72.1 Å². The number of nitrogens with zero attached hydrogens (tertiary/aromatic N) is 3. The number of thiophene rings is 1. The molecule has 108 valence electrons. The Morgan fingerprint density at radius 1 is 1.50 bits per heavy atom. The molecule has 0 radical (unpaired) electrons. The summed E-state index contributed by atoms with van der Waals surface area (Å²) in [7, 11) is 0. The van der Waals surface area contributed by atoms with E-state index in [1.165, 1.54) is 11.3 Å².